The Morgan fingerprint density at radius 1 is 0.941 bits per heavy atom. The Labute approximate surface area is 206 Å². The van der Waals surface area contributed by atoms with E-state index >= 15 is 0 Å². The summed E-state index contributed by atoms with van der Waals surface area (Å²) in [4.78, 5) is 22.7. The minimum atomic E-state index is -0.234. The van der Waals surface area contributed by atoms with Crippen molar-refractivity contribution in [1.29, 1.82) is 0 Å². The van der Waals surface area contributed by atoms with Crippen molar-refractivity contribution in [3.63, 3.8) is 0 Å². The van der Waals surface area contributed by atoms with Crippen LogP contribution in [0, 0.1) is 0 Å². The summed E-state index contributed by atoms with van der Waals surface area (Å²) >= 11 is 7.36. The molecule has 0 unspecified atom stereocenters. The first-order valence-corrected chi connectivity index (χ1v) is 12.0. The molecule has 168 valence electrons. The second kappa shape index (κ2) is 9.63. The number of carbonyl (C=O) groups excluding carboxylic acids is 1. The van der Waals surface area contributed by atoms with Crippen molar-refractivity contribution in [3.8, 4) is 28.3 Å². The Balaban J connectivity index is 1.46. The average Bonchev–Trinajstić information content (AvgIpc) is 3.33. The molecule has 7 heteroatoms. The number of benzene rings is 3. The summed E-state index contributed by atoms with van der Waals surface area (Å²) in [6.07, 6.45) is 0. The molecule has 5 nitrogen and oxygen atoms in total. The maximum atomic E-state index is 13.3. The maximum Gasteiger partial charge on any atom is 0.258 e. The number of anilines is 1. The smallest absolute Gasteiger partial charge is 0.258 e. The van der Waals surface area contributed by atoms with Crippen LogP contribution in [0.25, 0.3) is 33.4 Å². The first-order chi connectivity index (χ1) is 16.6. The first kappa shape index (κ1) is 22.1. The van der Waals surface area contributed by atoms with Gasteiger partial charge in [-0.3, -0.25) is 10.1 Å². The van der Waals surface area contributed by atoms with E-state index in [-0.39, 0.29) is 5.91 Å². The number of amides is 1. The van der Waals surface area contributed by atoms with Gasteiger partial charge in [-0.1, -0.05) is 41.9 Å². The number of para-hydroxylation sites is 1. The van der Waals surface area contributed by atoms with E-state index in [2.05, 4.69) is 10.3 Å². The zero-order chi connectivity index (χ0) is 23.5. The van der Waals surface area contributed by atoms with Gasteiger partial charge in [-0.05, 0) is 55.5 Å². The largest absolute Gasteiger partial charge is 0.494 e. The van der Waals surface area contributed by atoms with Crippen LogP contribution in [0.1, 0.15) is 17.3 Å². The van der Waals surface area contributed by atoms with Gasteiger partial charge in [0.1, 0.15) is 5.75 Å². The molecule has 0 saturated heterocycles. The van der Waals surface area contributed by atoms with Gasteiger partial charge in [0.25, 0.3) is 5.91 Å². The van der Waals surface area contributed by atoms with Crippen molar-refractivity contribution in [2.45, 2.75) is 6.92 Å². The molecule has 2 aromatic heterocycles. The minimum absolute atomic E-state index is 0.234. The minimum Gasteiger partial charge on any atom is -0.494 e. The van der Waals surface area contributed by atoms with Crippen LogP contribution in [0.4, 0.5) is 5.13 Å². The third kappa shape index (κ3) is 4.64. The van der Waals surface area contributed by atoms with E-state index in [0.717, 1.165) is 33.5 Å². The summed E-state index contributed by atoms with van der Waals surface area (Å²) in [7, 11) is 0. The lowest BCUT2D eigenvalue weighted by Gasteiger charge is -2.10. The molecule has 0 bridgehead atoms. The van der Waals surface area contributed by atoms with E-state index in [4.69, 9.17) is 21.3 Å². The topological polar surface area (TPSA) is 64.1 Å². The second-order valence-electron chi connectivity index (χ2n) is 7.53. The molecule has 0 aliphatic carbocycles. The lowest BCUT2D eigenvalue weighted by atomic mass is 10.0. The normalized spacial score (nSPS) is 10.9. The number of nitrogens with zero attached hydrogens (tertiary/aromatic N) is 2. The Bertz CT molecular complexity index is 1460. The quantitative estimate of drug-likeness (QED) is 0.273. The average molecular weight is 486 g/mol. The molecule has 34 heavy (non-hydrogen) atoms. The zero-order valence-electron chi connectivity index (χ0n) is 18.3. The zero-order valence-corrected chi connectivity index (χ0v) is 19.9. The van der Waals surface area contributed by atoms with Gasteiger partial charge >= 0.3 is 0 Å². The second-order valence-corrected chi connectivity index (χ2v) is 8.82. The highest BCUT2D eigenvalue weighted by atomic mass is 35.5. The lowest BCUT2D eigenvalue weighted by Crippen LogP contribution is -2.13. The van der Waals surface area contributed by atoms with Gasteiger partial charge in [-0.2, -0.15) is 0 Å². The van der Waals surface area contributed by atoms with E-state index in [1.807, 2.05) is 91.2 Å². The molecule has 3 aromatic carbocycles. The fraction of sp³-hybridized carbons (Fsp3) is 0.0741. The SMILES string of the molecule is CCOc1ccc(-c2cc(C(=O)Nc3nc(-c4ccc(Cl)cc4)cs3)c3ccccc3n2)cc1. The van der Waals surface area contributed by atoms with Gasteiger partial charge in [-0.15, -0.1) is 11.3 Å². The molecule has 1 amide bonds. The van der Waals surface area contributed by atoms with Crippen LogP contribution in [0.5, 0.6) is 5.75 Å². The molecule has 0 aliphatic heterocycles. The van der Waals surface area contributed by atoms with Crippen molar-refractivity contribution < 1.29 is 9.53 Å². The molecular weight excluding hydrogens is 466 g/mol. The van der Waals surface area contributed by atoms with Crippen molar-refractivity contribution in [1.82, 2.24) is 9.97 Å². The van der Waals surface area contributed by atoms with Crippen molar-refractivity contribution in [2.75, 3.05) is 11.9 Å². The van der Waals surface area contributed by atoms with Crippen molar-refractivity contribution in [2.24, 2.45) is 0 Å². The highest BCUT2D eigenvalue weighted by Crippen LogP contribution is 2.29. The molecule has 0 fully saturated rings. The number of aromatic nitrogens is 2. The van der Waals surface area contributed by atoms with E-state index in [1.54, 1.807) is 0 Å². The molecule has 2 heterocycles. The number of hydrogen-bond donors (Lipinski definition) is 1. The predicted octanol–water partition coefficient (Wildman–Crippen LogP) is 7.33. The maximum absolute atomic E-state index is 13.3. The molecular formula is C27H20ClN3O2S. The summed E-state index contributed by atoms with van der Waals surface area (Å²) in [6, 6.07) is 24.6. The van der Waals surface area contributed by atoms with Gasteiger partial charge in [-0.25, -0.2) is 9.97 Å². The van der Waals surface area contributed by atoms with Crippen molar-refractivity contribution >= 4 is 44.9 Å². The van der Waals surface area contributed by atoms with E-state index in [9.17, 15) is 4.79 Å². The van der Waals surface area contributed by atoms with Crippen molar-refractivity contribution in [3.05, 3.63) is 94.8 Å². The van der Waals surface area contributed by atoms with Gasteiger partial charge in [0.2, 0.25) is 0 Å². The highest BCUT2D eigenvalue weighted by molar-refractivity contribution is 7.14. The molecule has 0 aliphatic rings. The van der Waals surface area contributed by atoms with Crippen LogP contribution in [-0.2, 0) is 0 Å². The fourth-order valence-corrected chi connectivity index (χ4v) is 4.49. The number of halogens is 1. The molecule has 5 aromatic rings. The summed E-state index contributed by atoms with van der Waals surface area (Å²) in [6.45, 7) is 2.55. The highest BCUT2D eigenvalue weighted by Gasteiger charge is 2.16. The van der Waals surface area contributed by atoms with Crippen LogP contribution in [0.15, 0.2) is 84.2 Å². The van der Waals surface area contributed by atoms with Crippen LogP contribution in [0.2, 0.25) is 5.02 Å². The summed E-state index contributed by atoms with van der Waals surface area (Å²) < 4.78 is 5.54. The number of ether oxygens (including phenoxy) is 1. The van der Waals surface area contributed by atoms with Gasteiger partial charge in [0.15, 0.2) is 5.13 Å². The molecule has 1 N–H and O–H groups in total. The van der Waals surface area contributed by atoms with Crippen LogP contribution >= 0.6 is 22.9 Å². The first-order valence-electron chi connectivity index (χ1n) is 10.8. The number of fused-ring (bicyclic) bond motifs is 1. The van der Waals surface area contributed by atoms with E-state index < -0.39 is 0 Å². The fourth-order valence-electron chi connectivity index (χ4n) is 3.65. The monoisotopic (exact) mass is 485 g/mol. The number of carbonyl (C=O) groups is 1. The van der Waals surface area contributed by atoms with Crippen LogP contribution in [0.3, 0.4) is 0 Å². The van der Waals surface area contributed by atoms with Gasteiger partial charge in [0, 0.05) is 26.9 Å². The molecule has 0 spiro atoms. The Hall–Kier alpha value is -3.74. The summed E-state index contributed by atoms with van der Waals surface area (Å²) in [5, 5.41) is 6.84. The molecule has 0 saturated carbocycles. The number of hydrogen-bond acceptors (Lipinski definition) is 5. The third-order valence-corrected chi connectivity index (χ3v) is 6.30. The van der Waals surface area contributed by atoms with Crippen LogP contribution < -0.4 is 10.1 Å². The van der Waals surface area contributed by atoms with E-state index in [0.29, 0.717) is 28.0 Å². The molecule has 0 atom stereocenters. The van der Waals surface area contributed by atoms with Gasteiger partial charge in [0.05, 0.1) is 29.1 Å². The number of thiazole rings is 1. The molecule has 0 radical (unpaired) electrons. The summed E-state index contributed by atoms with van der Waals surface area (Å²) in [5.74, 6) is 0.563. The Kier molecular flexibility index (Phi) is 6.25. The molecule has 5 rings (SSSR count). The van der Waals surface area contributed by atoms with Crippen LogP contribution in [-0.4, -0.2) is 22.5 Å². The number of nitrogens with one attached hydrogen (secondary N) is 1. The third-order valence-electron chi connectivity index (χ3n) is 5.29. The number of pyridine rings is 1. The Morgan fingerprint density at radius 2 is 1.65 bits per heavy atom. The van der Waals surface area contributed by atoms with Gasteiger partial charge < -0.3 is 4.74 Å². The summed E-state index contributed by atoms with van der Waals surface area (Å²) in [5.41, 5.74) is 4.63. The predicted molar refractivity (Wildman–Crippen MR) is 139 cm³/mol. The lowest BCUT2D eigenvalue weighted by molar-refractivity contribution is 0.102. The van der Waals surface area contributed by atoms with E-state index in [1.165, 1.54) is 11.3 Å². The number of rotatable bonds is 6. The Morgan fingerprint density at radius 3 is 2.41 bits per heavy atom. The standard InChI is InChI=1S/C27H20ClN3O2S/c1-2-33-20-13-9-17(10-14-20)24-15-22(21-5-3-4-6-23(21)29-24)26(32)31-27-30-25(16-34-27)18-7-11-19(28)12-8-18/h3-16H,2H2,1H3,(H,30,31,32).